The lowest BCUT2D eigenvalue weighted by molar-refractivity contribution is 0.657. The molecule has 0 aliphatic heterocycles. The van der Waals surface area contributed by atoms with Gasteiger partial charge in [0.25, 0.3) is 0 Å². The van der Waals surface area contributed by atoms with Gasteiger partial charge < -0.3 is 0 Å². The third-order valence-electron chi connectivity index (χ3n) is 14.2. The molecule has 4 aliphatic carbocycles. The zero-order valence-corrected chi connectivity index (χ0v) is 32.3. The Morgan fingerprint density at radius 3 is 1.14 bits per heavy atom. The monoisotopic (exact) mass is 714 g/mol. The molecule has 266 valence electrons. The zero-order valence-electron chi connectivity index (χ0n) is 32.3. The van der Waals surface area contributed by atoms with Gasteiger partial charge in [-0.05, 0) is 106 Å². The molecule has 8 aromatic rings. The molecule has 0 nitrogen and oxygen atoms in total. The van der Waals surface area contributed by atoms with Crippen molar-refractivity contribution in [3.63, 3.8) is 0 Å². The number of hydrogen-bond donors (Lipinski definition) is 0. The molecule has 0 N–H and O–H groups in total. The van der Waals surface area contributed by atoms with E-state index in [2.05, 4.69) is 204 Å². The first-order chi connectivity index (χ1) is 27.3. The highest BCUT2D eigenvalue weighted by Gasteiger charge is 2.52. The Bertz CT molecular complexity index is 2830. The van der Waals surface area contributed by atoms with Gasteiger partial charge in [-0.25, -0.2) is 0 Å². The summed E-state index contributed by atoms with van der Waals surface area (Å²) in [6.07, 6.45) is 0. The van der Waals surface area contributed by atoms with Crippen molar-refractivity contribution in [1.82, 2.24) is 0 Å². The summed E-state index contributed by atoms with van der Waals surface area (Å²) in [5.41, 5.74) is 25.5. The Balaban J connectivity index is 1.15. The Morgan fingerprint density at radius 2 is 0.661 bits per heavy atom. The van der Waals surface area contributed by atoms with E-state index in [9.17, 15) is 0 Å². The molecule has 12 rings (SSSR count). The molecule has 0 radical (unpaired) electrons. The maximum atomic E-state index is 2.56. The van der Waals surface area contributed by atoms with Crippen molar-refractivity contribution in [1.29, 1.82) is 0 Å². The smallest absolute Gasteiger partial charge is 0.0619 e. The van der Waals surface area contributed by atoms with Crippen LogP contribution in [0.2, 0.25) is 0 Å². The molecule has 0 saturated carbocycles. The average molecular weight is 715 g/mol. The number of benzene rings is 8. The lowest BCUT2D eigenvalue weighted by Gasteiger charge is -2.31. The van der Waals surface area contributed by atoms with Crippen LogP contribution in [0.15, 0.2) is 176 Å². The predicted octanol–water partition coefficient (Wildman–Crippen LogP) is 13.8. The third kappa shape index (κ3) is 3.85. The van der Waals surface area contributed by atoms with E-state index in [1.807, 2.05) is 0 Å². The summed E-state index contributed by atoms with van der Waals surface area (Å²) in [5.74, 6) is 0.00895. The molecule has 0 unspecified atom stereocenters. The third-order valence-corrected chi connectivity index (χ3v) is 14.2. The SMILES string of the molecule is CC1(C)c2ccccc2-c2ccc(C(c3ccc4c(c3)C(C)(C)c3ccccc3-4)c3cccc4c3-c3ccccc3C43c4ccccc4-c4ccccc43)cc21. The van der Waals surface area contributed by atoms with Gasteiger partial charge in [-0.3, -0.25) is 0 Å². The van der Waals surface area contributed by atoms with Crippen molar-refractivity contribution in [2.24, 2.45) is 0 Å². The van der Waals surface area contributed by atoms with Crippen LogP contribution in [0.1, 0.15) is 94.8 Å². The maximum Gasteiger partial charge on any atom is 0.0725 e. The summed E-state index contributed by atoms with van der Waals surface area (Å²) in [4.78, 5) is 0. The zero-order chi connectivity index (χ0) is 37.6. The van der Waals surface area contributed by atoms with Crippen molar-refractivity contribution in [3.05, 3.63) is 237 Å². The fourth-order valence-corrected chi connectivity index (χ4v) is 11.8. The van der Waals surface area contributed by atoms with E-state index in [0.29, 0.717) is 0 Å². The molecular formula is C56H42. The van der Waals surface area contributed by atoms with Crippen molar-refractivity contribution in [2.75, 3.05) is 0 Å². The summed E-state index contributed by atoms with van der Waals surface area (Å²) >= 11 is 0. The summed E-state index contributed by atoms with van der Waals surface area (Å²) in [6, 6.07) is 67.6. The molecule has 1 spiro atoms. The fourth-order valence-electron chi connectivity index (χ4n) is 11.8. The number of fused-ring (bicyclic) bond motifs is 16. The normalized spacial score (nSPS) is 16.1. The van der Waals surface area contributed by atoms with Crippen molar-refractivity contribution >= 4 is 0 Å². The van der Waals surface area contributed by atoms with Crippen LogP contribution in [-0.4, -0.2) is 0 Å². The highest BCUT2D eigenvalue weighted by molar-refractivity contribution is 5.96. The van der Waals surface area contributed by atoms with E-state index in [4.69, 9.17) is 0 Å². The van der Waals surface area contributed by atoms with E-state index in [0.717, 1.165) is 0 Å². The molecule has 0 amide bonds. The van der Waals surface area contributed by atoms with E-state index in [1.165, 1.54) is 106 Å². The van der Waals surface area contributed by atoms with E-state index in [-0.39, 0.29) is 22.2 Å². The van der Waals surface area contributed by atoms with Gasteiger partial charge >= 0.3 is 0 Å². The Labute approximate surface area is 330 Å². The molecule has 0 atom stereocenters. The standard InChI is InChI=1S/C56H42/c1-54(2)44-22-10-5-16-36(44)40-30-28-34(32-50(40)54)52(35-29-31-41-37-17-6-11-23-45(37)55(3,4)51(41)33-35)43-21-15-27-49-53(43)42-20-9-14-26-48(42)56(49)46-24-12-7-18-38(46)39-19-8-13-25-47(39)56/h5-33,52H,1-4H3. The van der Waals surface area contributed by atoms with Crippen LogP contribution < -0.4 is 0 Å². The van der Waals surface area contributed by atoms with Gasteiger partial charge in [0.05, 0.1) is 5.41 Å². The van der Waals surface area contributed by atoms with Crippen LogP contribution in [0.4, 0.5) is 0 Å². The van der Waals surface area contributed by atoms with Gasteiger partial charge in [0.1, 0.15) is 0 Å². The lowest BCUT2D eigenvalue weighted by atomic mass is 9.70. The van der Waals surface area contributed by atoms with Crippen LogP contribution in [0.3, 0.4) is 0 Å². The van der Waals surface area contributed by atoms with Gasteiger partial charge in [-0.1, -0.05) is 204 Å². The number of hydrogen-bond acceptors (Lipinski definition) is 0. The molecule has 0 bridgehead atoms. The Hall–Kier alpha value is -6.24. The second kappa shape index (κ2) is 11.0. The van der Waals surface area contributed by atoms with E-state index in [1.54, 1.807) is 0 Å². The van der Waals surface area contributed by atoms with Gasteiger partial charge in [-0.15, -0.1) is 0 Å². The minimum atomic E-state index is -0.386. The average Bonchev–Trinajstić information content (AvgIpc) is 3.87. The van der Waals surface area contributed by atoms with Gasteiger partial charge in [-0.2, -0.15) is 0 Å². The van der Waals surface area contributed by atoms with Crippen LogP contribution in [0.5, 0.6) is 0 Å². The minimum absolute atomic E-state index is 0.00895. The van der Waals surface area contributed by atoms with Crippen molar-refractivity contribution in [2.45, 2.75) is 49.9 Å². The van der Waals surface area contributed by atoms with Crippen molar-refractivity contribution in [3.8, 4) is 44.5 Å². The van der Waals surface area contributed by atoms with E-state index >= 15 is 0 Å². The minimum Gasteiger partial charge on any atom is -0.0619 e. The topological polar surface area (TPSA) is 0 Å². The molecule has 0 heterocycles. The highest BCUT2D eigenvalue weighted by Crippen LogP contribution is 2.64. The molecule has 0 fully saturated rings. The summed E-state index contributed by atoms with van der Waals surface area (Å²) in [6.45, 7) is 9.61. The first kappa shape index (κ1) is 32.0. The summed E-state index contributed by atoms with van der Waals surface area (Å²) in [5, 5.41) is 0. The first-order valence-corrected chi connectivity index (χ1v) is 20.2. The Kier molecular flexibility index (Phi) is 6.27. The summed E-state index contributed by atoms with van der Waals surface area (Å²) in [7, 11) is 0. The number of rotatable bonds is 3. The molecule has 0 heteroatoms. The second-order valence-corrected chi connectivity index (χ2v) is 17.5. The summed E-state index contributed by atoms with van der Waals surface area (Å²) < 4.78 is 0. The van der Waals surface area contributed by atoms with Gasteiger partial charge in [0.15, 0.2) is 0 Å². The quantitative estimate of drug-likeness (QED) is 0.160. The van der Waals surface area contributed by atoms with Gasteiger partial charge in [0.2, 0.25) is 0 Å². The largest absolute Gasteiger partial charge is 0.0725 e. The van der Waals surface area contributed by atoms with Crippen LogP contribution in [0, 0.1) is 0 Å². The molecule has 0 saturated heterocycles. The van der Waals surface area contributed by atoms with Crippen LogP contribution in [-0.2, 0) is 16.2 Å². The van der Waals surface area contributed by atoms with Crippen LogP contribution >= 0.6 is 0 Å². The van der Waals surface area contributed by atoms with Crippen molar-refractivity contribution < 1.29 is 0 Å². The predicted molar refractivity (Wildman–Crippen MR) is 232 cm³/mol. The second-order valence-electron chi connectivity index (χ2n) is 17.5. The van der Waals surface area contributed by atoms with Gasteiger partial charge in [0, 0.05) is 16.7 Å². The van der Waals surface area contributed by atoms with Crippen LogP contribution in [0.25, 0.3) is 44.5 Å². The molecule has 0 aromatic heterocycles. The Morgan fingerprint density at radius 1 is 0.304 bits per heavy atom. The maximum absolute atomic E-state index is 2.56. The molecular weight excluding hydrogens is 673 g/mol. The lowest BCUT2D eigenvalue weighted by Crippen LogP contribution is -2.26. The molecule has 4 aliphatic rings. The molecule has 56 heavy (non-hydrogen) atoms. The fraction of sp³-hybridized carbons (Fsp3) is 0.143. The first-order valence-electron chi connectivity index (χ1n) is 20.2. The molecule has 8 aromatic carbocycles. The van der Waals surface area contributed by atoms with E-state index < -0.39 is 0 Å². The highest BCUT2D eigenvalue weighted by atomic mass is 14.5.